The Morgan fingerprint density at radius 2 is 1.90 bits per heavy atom. The maximum Gasteiger partial charge on any atom is 0.416 e. The Balaban J connectivity index is 0.000000268. The van der Waals surface area contributed by atoms with Gasteiger partial charge in [0.25, 0.3) is 5.91 Å². The van der Waals surface area contributed by atoms with Crippen LogP contribution in [0.15, 0.2) is 39.9 Å². The summed E-state index contributed by atoms with van der Waals surface area (Å²) in [5, 5.41) is 0. The first-order chi connectivity index (χ1) is 18.4. The lowest BCUT2D eigenvalue weighted by Gasteiger charge is -2.16. The zero-order valence-electron chi connectivity index (χ0n) is 23.2. The zero-order chi connectivity index (χ0) is 28.7. The van der Waals surface area contributed by atoms with E-state index in [0.717, 1.165) is 72.7 Å². The van der Waals surface area contributed by atoms with Crippen molar-refractivity contribution in [1.29, 1.82) is 0 Å². The molecule has 0 spiro atoms. The molecular formula is C30H39BrF3N3O2. The lowest BCUT2D eigenvalue weighted by atomic mass is 9.92. The first-order valence-corrected chi connectivity index (χ1v) is 14.5. The Hall–Kier alpha value is -2.42. The molecule has 2 fully saturated rings. The van der Waals surface area contributed by atoms with Gasteiger partial charge in [-0.25, -0.2) is 4.98 Å². The number of pyridine rings is 1. The second-order valence-corrected chi connectivity index (χ2v) is 12.0. The van der Waals surface area contributed by atoms with Gasteiger partial charge in [0.2, 0.25) is 5.88 Å². The quantitative estimate of drug-likeness (QED) is 0.217. The Morgan fingerprint density at radius 3 is 2.44 bits per heavy atom. The highest BCUT2D eigenvalue weighted by molar-refractivity contribution is 9.10. The van der Waals surface area contributed by atoms with Crippen molar-refractivity contribution < 1.29 is 22.7 Å². The minimum absolute atomic E-state index is 0.0236. The first-order valence-electron chi connectivity index (χ1n) is 13.7. The van der Waals surface area contributed by atoms with E-state index in [2.05, 4.69) is 25.9 Å². The second kappa shape index (κ2) is 13.8. The van der Waals surface area contributed by atoms with Gasteiger partial charge >= 0.3 is 6.18 Å². The van der Waals surface area contributed by atoms with E-state index in [1.54, 1.807) is 6.20 Å². The van der Waals surface area contributed by atoms with Crippen molar-refractivity contribution in [3.63, 3.8) is 0 Å². The zero-order valence-corrected chi connectivity index (χ0v) is 24.7. The predicted molar refractivity (Wildman–Crippen MR) is 152 cm³/mol. The number of carbonyl (C=O) groups is 1. The van der Waals surface area contributed by atoms with Crippen LogP contribution in [0.3, 0.4) is 0 Å². The van der Waals surface area contributed by atoms with E-state index in [4.69, 9.17) is 10.5 Å². The van der Waals surface area contributed by atoms with Crippen LogP contribution in [0.25, 0.3) is 0 Å². The average Bonchev–Trinajstić information content (AvgIpc) is 3.77. The highest BCUT2D eigenvalue weighted by atomic mass is 79.9. The number of hydrogen-bond donors (Lipinski definition) is 1. The van der Waals surface area contributed by atoms with Gasteiger partial charge in [-0.05, 0) is 103 Å². The average molecular weight is 611 g/mol. The van der Waals surface area contributed by atoms with Crippen LogP contribution in [0.1, 0.15) is 93.9 Å². The number of carbonyl (C=O) groups excluding carboxylic acids is 1. The highest BCUT2D eigenvalue weighted by Crippen LogP contribution is 2.43. The van der Waals surface area contributed by atoms with Gasteiger partial charge in [-0.1, -0.05) is 33.3 Å². The molecule has 0 aliphatic heterocycles. The first kappa shape index (κ1) is 31.1. The molecule has 0 bridgehead atoms. The fraction of sp³-hybridized carbons (Fsp3) is 0.567. The Morgan fingerprint density at radius 1 is 1.21 bits per heavy atom. The van der Waals surface area contributed by atoms with Crippen LogP contribution in [-0.4, -0.2) is 23.3 Å². The molecule has 0 saturated heterocycles. The summed E-state index contributed by atoms with van der Waals surface area (Å²) in [5.41, 5.74) is 7.44. The largest absolute Gasteiger partial charge is 0.477 e. The molecule has 2 aliphatic carbocycles. The van der Waals surface area contributed by atoms with Crippen molar-refractivity contribution in [2.45, 2.75) is 84.7 Å². The van der Waals surface area contributed by atoms with Gasteiger partial charge in [-0.15, -0.1) is 0 Å². The molecule has 0 radical (unpaired) electrons. The van der Waals surface area contributed by atoms with E-state index >= 15 is 0 Å². The molecule has 1 aromatic heterocycles. The Bertz CT molecular complexity index is 1160. The predicted octanol–water partition coefficient (Wildman–Crippen LogP) is 8.22. The van der Waals surface area contributed by atoms with Crippen molar-refractivity contribution in [1.82, 2.24) is 4.98 Å². The number of hydrogen-bond acceptors (Lipinski definition) is 3. The van der Waals surface area contributed by atoms with E-state index in [0.29, 0.717) is 17.0 Å². The standard InChI is InChI=1S/C20H27F3N2O.C10H12BrNO/c1-4-5-14(10-12(2)3)19(26)25-18(24)16-9-8-15(20(21,22)23)11-17(16)13-6-7-13;1-7-4-9(11)5-12-10(7)13-6-8-2-3-8/h8-9,11-14H,4-7,10H2,1-3H3,(H2,24,25,26);4-5,8H,2-3,6H2,1H3. The summed E-state index contributed by atoms with van der Waals surface area (Å²) in [5.74, 6) is 1.53. The smallest absolute Gasteiger partial charge is 0.416 e. The monoisotopic (exact) mass is 609 g/mol. The van der Waals surface area contributed by atoms with Crippen molar-refractivity contribution in [2.24, 2.45) is 28.5 Å². The number of rotatable bonds is 10. The number of ether oxygens (including phenoxy) is 1. The number of aryl methyl sites for hydroxylation is 1. The van der Waals surface area contributed by atoms with E-state index in [9.17, 15) is 18.0 Å². The maximum atomic E-state index is 13.0. The van der Waals surface area contributed by atoms with Crippen molar-refractivity contribution in [2.75, 3.05) is 6.61 Å². The molecule has 5 nitrogen and oxygen atoms in total. The molecule has 214 valence electrons. The summed E-state index contributed by atoms with van der Waals surface area (Å²) in [6, 6.07) is 5.53. The SMILES string of the molecule is CCCC(CC(C)C)C(=O)N=C(N)c1ccc(C(F)(F)F)cc1C1CC1.Cc1cc(Br)cnc1OCC1CC1. The third-order valence-corrected chi connectivity index (χ3v) is 7.23. The number of aromatic nitrogens is 1. The highest BCUT2D eigenvalue weighted by Gasteiger charge is 2.34. The van der Waals surface area contributed by atoms with Gasteiger partial charge in [0.15, 0.2) is 0 Å². The molecule has 1 atom stereocenters. The van der Waals surface area contributed by atoms with Crippen LogP contribution in [0.4, 0.5) is 13.2 Å². The summed E-state index contributed by atoms with van der Waals surface area (Å²) in [4.78, 5) is 20.8. The van der Waals surface area contributed by atoms with Gasteiger partial charge in [-0.3, -0.25) is 4.79 Å². The number of aliphatic imine (C=N–C) groups is 1. The summed E-state index contributed by atoms with van der Waals surface area (Å²) in [6.07, 6.45) is 4.00. The second-order valence-electron chi connectivity index (χ2n) is 11.1. The van der Waals surface area contributed by atoms with E-state index < -0.39 is 11.7 Å². The number of benzene rings is 1. The van der Waals surface area contributed by atoms with E-state index in [-0.39, 0.29) is 23.6 Å². The third kappa shape index (κ3) is 9.92. The number of amidine groups is 1. The maximum absolute atomic E-state index is 13.0. The molecule has 4 rings (SSSR count). The molecule has 2 aromatic rings. The molecule has 2 saturated carbocycles. The van der Waals surface area contributed by atoms with E-state index in [1.807, 2.05) is 33.8 Å². The van der Waals surface area contributed by atoms with Crippen LogP contribution in [0.2, 0.25) is 0 Å². The topological polar surface area (TPSA) is 77.6 Å². The molecule has 2 N–H and O–H groups in total. The summed E-state index contributed by atoms with van der Waals surface area (Å²) < 4.78 is 45.6. The van der Waals surface area contributed by atoms with Crippen LogP contribution in [-0.2, 0) is 11.0 Å². The molecule has 1 aromatic carbocycles. The van der Waals surface area contributed by atoms with Crippen molar-refractivity contribution in [3.05, 3.63) is 57.2 Å². The molecule has 1 heterocycles. The summed E-state index contributed by atoms with van der Waals surface area (Å²) in [6.45, 7) is 8.94. The summed E-state index contributed by atoms with van der Waals surface area (Å²) in [7, 11) is 0. The number of amides is 1. The molecule has 39 heavy (non-hydrogen) atoms. The van der Waals surface area contributed by atoms with Crippen LogP contribution >= 0.6 is 15.9 Å². The van der Waals surface area contributed by atoms with Gasteiger partial charge in [0.05, 0.1) is 12.2 Å². The van der Waals surface area contributed by atoms with Gasteiger partial charge in [0, 0.05) is 27.7 Å². The molecule has 1 amide bonds. The lowest BCUT2D eigenvalue weighted by molar-refractivity contribution is -0.137. The minimum Gasteiger partial charge on any atom is -0.477 e. The third-order valence-electron chi connectivity index (χ3n) is 6.79. The Kier molecular flexibility index (Phi) is 11.0. The van der Waals surface area contributed by atoms with Crippen LogP contribution in [0.5, 0.6) is 5.88 Å². The fourth-order valence-corrected chi connectivity index (χ4v) is 4.84. The van der Waals surface area contributed by atoms with Gasteiger partial charge in [-0.2, -0.15) is 18.2 Å². The Labute approximate surface area is 238 Å². The fourth-order valence-electron chi connectivity index (χ4n) is 4.39. The van der Waals surface area contributed by atoms with Crippen molar-refractivity contribution in [3.8, 4) is 5.88 Å². The lowest BCUT2D eigenvalue weighted by Crippen LogP contribution is -2.22. The molecule has 9 heteroatoms. The van der Waals surface area contributed by atoms with Crippen LogP contribution in [0, 0.1) is 24.7 Å². The van der Waals surface area contributed by atoms with Crippen molar-refractivity contribution >= 4 is 27.7 Å². The molecule has 1 unspecified atom stereocenters. The summed E-state index contributed by atoms with van der Waals surface area (Å²) >= 11 is 3.37. The molecule has 2 aliphatic rings. The van der Waals surface area contributed by atoms with Gasteiger partial charge in [0.1, 0.15) is 5.84 Å². The normalized spacial score (nSPS) is 16.5. The van der Waals surface area contributed by atoms with Gasteiger partial charge < -0.3 is 10.5 Å². The number of nitrogens with zero attached hydrogens (tertiary/aromatic N) is 2. The molecular weight excluding hydrogens is 571 g/mol. The van der Waals surface area contributed by atoms with Crippen LogP contribution < -0.4 is 10.5 Å². The van der Waals surface area contributed by atoms with E-state index in [1.165, 1.54) is 18.9 Å². The number of halogens is 4. The number of nitrogens with two attached hydrogens (primary N) is 1. The minimum atomic E-state index is -4.40. The number of alkyl halides is 3.